The van der Waals surface area contributed by atoms with Gasteiger partial charge in [-0.05, 0) is 38.1 Å². The maximum Gasteiger partial charge on any atom is 0.243 e. The summed E-state index contributed by atoms with van der Waals surface area (Å²) < 4.78 is 31.9. The van der Waals surface area contributed by atoms with E-state index >= 15 is 0 Å². The quantitative estimate of drug-likeness (QED) is 0.626. The minimum atomic E-state index is -3.81. The number of sulfonamides is 1. The first-order chi connectivity index (χ1) is 13.6. The van der Waals surface area contributed by atoms with Crippen LogP contribution in [0.15, 0.2) is 29.2 Å². The molecule has 2 N–H and O–H groups in total. The zero-order valence-electron chi connectivity index (χ0n) is 17.3. The number of benzene rings is 1. The Kier molecular flexibility index (Phi) is 8.14. The third kappa shape index (κ3) is 7.07. The SMILES string of the molecule is CC(=O)Nc1ccc(S(=O)(=O)N(C)CC(=O)NCCN2CC(C)OC(C)C2)cc1. The molecule has 2 rings (SSSR count). The summed E-state index contributed by atoms with van der Waals surface area (Å²) in [5.74, 6) is -0.601. The van der Waals surface area contributed by atoms with E-state index in [1.165, 1.54) is 38.2 Å². The van der Waals surface area contributed by atoms with Crippen molar-refractivity contribution in [3.05, 3.63) is 24.3 Å². The van der Waals surface area contributed by atoms with Gasteiger partial charge in [-0.1, -0.05) is 0 Å². The Balaban J connectivity index is 1.83. The molecule has 10 heteroatoms. The number of likely N-dealkylation sites (N-methyl/N-ethyl adjacent to an activating group) is 1. The Morgan fingerprint density at radius 1 is 1.17 bits per heavy atom. The first-order valence-corrected chi connectivity index (χ1v) is 11.0. The molecule has 29 heavy (non-hydrogen) atoms. The van der Waals surface area contributed by atoms with Gasteiger partial charge in [0.2, 0.25) is 21.8 Å². The summed E-state index contributed by atoms with van der Waals surface area (Å²) in [5.41, 5.74) is 0.503. The molecule has 1 aromatic rings. The number of carbonyl (C=O) groups is 2. The molecule has 1 saturated heterocycles. The molecular formula is C19H30N4O5S. The van der Waals surface area contributed by atoms with Crippen LogP contribution >= 0.6 is 0 Å². The fourth-order valence-corrected chi connectivity index (χ4v) is 4.38. The summed E-state index contributed by atoms with van der Waals surface area (Å²) in [6, 6.07) is 5.81. The summed E-state index contributed by atoms with van der Waals surface area (Å²) in [6.07, 6.45) is 0.311. The van der Waals surface area contributed by atoms with Crippen molar-refractivity contribution in [2.24, 2.45) is 0 Å². The standard InChI is InChI=1S/C19H30N4O5S/c1-14-11-23(12-15(2)28-14)10-9-20-19(25)13-22(4)29(26,27)18-7-5-17(6-8-18)21-16(3)24/h5-8,14-15H,9-13H2,1-4H3,(H,20,25)(H,21,24). The number of morpholine rings is 1. The van der Waals surface area contributed by atoms with Gasteiger partial charge in [-0.3, -0.25) is 14.5 Å². The third-order valence-corrected chi connectivity index (χ3v) is 6.31. The van der Waals surface area contributed by atoms with Gasteiger partial charge in [0.05, 0.1) is 23.6 Å². The van der Waals surface area contributed by atoms with E-state index in [1.807, 2.05) is 13.8 Å². The molecule has 2 atom stereocenters. The predicted molar refractivity (Wildman–Crippen MR) is 110 cm³/mol. The van der Waals surface area contributed by atoms with Crippen LogP contribution in [0.1, 0.15) is 20.8 Å². The Labute approximate surface area is 172 Å². The lowest BCUT2D eigenvalue weighted by atomic mass is 10.2. The molecule has 1 aromatic carbocycles. The highest BCUT2D eigenvalue weighted by atomic mass is 32.2. The molecule has 1 heterocycles. The highest BCUT2D eigenvalue weighted by Crippen LogP contribution is 2.17. The fourth-order valence-electron chi connectivity index (χ4n) is 3.26. The number of anilines is 1. The van der Waals surface area contributed by atoms with Crippen molar-refractivity contribution in [1.82, 2.24) is 14.5 Å². The smallest absolute Gasteiger partial charge is 0.243 e. The number of amides is 2. The first-order valence-electron chi connectivity index (χ1n) is 9.56. The molecule has 0 saturated carbocycles. The van der Waals surface area contributed by atoms with Crippen LogP contribution in [0.5, 0.6) is 0 Å². The Morgan fingerprint density at radius 3 is 2.31 bits per heavy atom. The van der Waals surface area contributed by atoms with Gasteiger partial charge in [0.15, 0.2) is 0 Å². The number of hydrogen-bond acceptors (Lipinski definition) is 6. The Bertz CT molecular complexity index is 802. The molecule has 0 aromatic heterocycles. The number of nitrogens with one attached hydrogen (secondary N) is 2. The van der Waals surface area contributed by atoms with Crippen molar-refractivity contribution >= 4 is 27.5 Å². The van der Waals surface area contributed by atoms with Gasteiger partial charge in [0.25, 0.3) is 0 Å². The minimum absolute atomic E-state index is 0.0539. The molecule has 2 amide bonds. The van der Waals surface area contributed by atoms with Crippen LogP contribution in [0.3, 0.4) is 0 Å². The number of nitrogens with zero attached hydrogens (tertiary/aromatic N) is 2. The van der Waals surface area contributed by atoms with Gasteiger partial charge in [-0.15, -0.1) is 0 Å². The van der Waals surface area contributed by atoms with Crippen LogP contribution in [0.2, 0.25) is 0 Å². The fraction of sp³-hybridized carbons (Fsp3) is 0.579. The van der Waals surface area contributed by atoms with Crippen LogP contribution in [-0.4, -0.2) is 81.4 Å². The van der Waals surface area contributed by atoms with Crippen molar-refractivity contribution in [3.63, 3.8) is 0 Å². The molecule has 2 unspecified atom stereocenters. The average Bonchev–Trinajstić information content (AvgIpc) is 2.60. The summed E-state index contributed by atoms with van der Waals surface area (Å²) in [6.45, 7) is 7.88. The van der Waals surface area contributed by atoms with E-state index in [-0.39, 0.29) is 35.5 Å². The summed E-state index contributed by atoms with van der Waals surface area (Å²) in [5, 5.41) is 5.35. The molecule has 1 fully saturated rings. The van der Waals surface area contributed by atoms with Crippen molar-refractivity contribution < 1.29 is 22.7 Å². The van der Waals surface area contributed by atoms with Crippen LogP contribution in [0.4, 0.5) is 5.69 Å². The number of ether oxygens (including phenoxy) is 1. The van der Waals surface area contributed by atoms with Crippen molar-refractivity contribution in [2.75, 3.05) is 45.1 Å². The van der Waals surface area contributed by atoms with Crippen molar-refractivity contribution in [3.8, 4) is 0 Å². The minimum Gasteiger partial charge on any atom is -0.373 e. The van der Waals surface area contributed by atoms with Crippen LogP contribution < -0.4 is 10.6 Å². The monoisotopic (exact) mass is 426 g/mol. The lowest BCUT2D eigenvalue weighted by Crippen LogP contribution is -2.48. The average molecular weight is 427 g/mol. The van der Waals surface area contributed by atoms with E-state index in [2.05, 4.69) is 15.5 Å². The second-order valence-electron chi connectivity index (χ2n) is 7.33. The van der Waals surface area contributed by atoms with Gasteiger partial charge >= 0.3 is 0 Å². The van der Waals surface area contributed by atoms with E-state index in [0.717, 1.165) is 17.4 Å². The lowest BCUT2D eigenvalue weighted by molar-refractivity contribution is -0.121. The van der Waals surface area contributed by atoms with E-state index in [4.69, 9.17) is 4.74 Å². The molecule has 162 valence electrons. The number of carbonyl (C=O) groups excluding carboxylic acids is 2. The summed E-state index contributed by atoms with van der Waals surface area (Å²) in [4.78, 5) is 25.5. The normalized spacial score (nSPS) is 20.4. The molecule has 0 bridgehead atoms. The van der Waals surface area contributed by atoms with Gasteiger partial charge in [0.1, 0.15) is 0 Å². The number of rotatable bonds is 8. The van der Waals surface area contributed by atoms with E-state index < -0.39 is 10.0 Å². The zero-order chi connectivity index (χ0) is 21.6. The Morgan fingerprint density at radius 2 is 1.76 bits per heavy atom. The third-order valence-electron chi connectivity index (χ3n) is 4.49. The van der Waals surface area contributed by atoms with Gasteiger partial charge in [-0.2, -0.15) is 4.31 Å². The second kappa shape index (κ2) is 10.1. The molecular weight excluding hydrogens is 396 g/mol. The lowest BCUT2D eigenvalue weighted by Gasteiger charge is -2.35. The van der Waals surface area contributed by atoms with E-state index in [0.29, 0.717) is 18.8 Å². The first kappa shape index (κ1) is 23.3. The maximum atomic E-state index is 12.6. The van der Waals surface area contributed by atoms with E-state index in [9.17, 15) is 18.0 Å². The molecule has 1 aliphatic rings. The van der Waals surface area contributed by atoms with E-state index in [1.54, 1.807) is 0 Å². The topological polar surface area (TPSA) is 108 Å². The largest absolute Gasteiger partial charge is 0.373 e. The summed E-state index contributed by atoms with van der Waals surface area (Å²) >= 11 is 0. The predicted octanol–water partition coefficient (Wildman–Crippen LogP) is 0.491. The van der Waals surface area contributed by atoms with Crippen LogP contribution in [-0.2, 0) is 24.3 Å². The van der Waals surface area contributed by atoms with Crippen LogP contribution in [0.25, 0.3) is 0 Å². The molecule has 0 radical (unpaired) electrons. The second-order valence-corrected chi connectivity index (χ2v) is 9.38. The molecule has 0 spiro atoms. The highest BCUT2D eigenvalue weighted by molar-refractivity contribution is 7.89. The van der Waals surface area contributed by atoms with Crippen LogP contribution in [0, 0.1) is 0 Å². The van der Waals surface area contributed by atoms with Crippen molar-refractivity contribution in [1.29, 1.82) is 0 Å². The zero-order valence-corrected chi connectivity index (χ0v) is 18.2. The van der Waals surface area contributed by atoms with Gasteiger partial charge in [-0.25, -0.2) is 8.42 Å². The highest BCUT2D eigenvalue weighted by Gasteiger charge is 2.24. The maximum absolute atomic E-state index is 12.6. The number of hydrogen-bond donors (Lipinski definition) is 2. The molecule has 1 aliphatic heterocycles. The molecule has 9 nitrogen and oxygen atoms in total. The van der Waals surface area contributed by atoms with Gasteiger partial charge < -0.3 is 15.4 Å². The molecule has 0 aliphatic carbocycles. The Hall–Kier alpha value is -2.01. The van der Waals surface area contributed by atoms with Crippen molar-refractivity contribution in [2.45, 2.75) is 37.9 Å². The van der Waals surface area contributed by atoms with Gasteiger partial charge in [0, 0.05) is 45.8 Å². The summed E-state index contributed by atoms with van der Waals surface area (Å²) in [7, 11) is -2.44.